The van der Waals surface area contributed by atoms with Crippen LogP contribution in [0.4, 0.5) is 14.5 Å². The lowest BCUT2D eigenvalue weighted by Crippen LogP contribution is -2.38. The molecule has 20 heavy (non-hydrogen) atoms. The number of anilines is 1. The Morgan fingerprint density at radius 1 is 1.30 bits per heavy atom. The molecule has 0 aliphatic heterocycles. The first kappa shape index (κ1) is 16.4. The van der Waals surface area contributed by atoms with Crippen LogP contribution in [0.1, 0.15) is 24.2 Å². The molecule has 1 aromatic rings. The third-order valence-electron chi connectivity index (χ3n) is 3.10. The van der Waals surface area contributed by atoms with Gasteiger partial charge in [0.15, 0.2) is 0 Å². The second kappa shape index (κ2) is 7.19. The molecule has 1 rings (SSSR count). The van der Waals surface area contributed by atoms with E-state index in [1.807, 2.05) is 25.9 Å². The maximum atomic E-state index is 13.7. The summed E-state index contributed by atoms with van der Waals surface area (Å²) in [6, 6.07) is 2.21. The molecule has 0 bridgehead atoms. The van der Waals surface area contributed by atoms with Gasteiger partial charge in [-0.05, 0) is 40.1 Å². The van der Waals surface area contributed by atoms with E-state index in [1.54, 1.807) is 6.92 Å². The fourth-order valence-electron chi connectivity index (χ4n) is 1.57. The highest BCUT2D eigenvalue weighted by Gasteiger charge is 2.15. The van der Waals surface area contributed by atoms with Gasteiger partial charge in [0.05, 0.1) is 0 Å². The molecule has 2 N–H and O–H groups in total. The highest BCUT2D eigenvalue weighted by atomic mass is 19.1. The number of likely N-dealkylation sites (N-methyl/N-ethyl adjacent to an activating group) is 1. The molecular weight excluding hydrogens is 264 g/mol. The van der Waals surface area contributed by atoms with E-state index in [-0.39, 0.29) is 17.3 Å². The quantitative estimate of drug-likeness (QED) is 0.841. The van der Waals surface area contributed by atoms with Gasteiger partial charge in [-0.1, -0.05) is 0 Å². The first-order chi connectivity index (χ1) is 9.36. The second-order valence-corrected chi connectivity index (χ2v) is 4.87. The summed E-state index contributed by atoms with van der Waals surface area (Å²) < 4.78 is 27.4. The Morgan fingerprint density at radius 2 is 1.85 bits per heavy atom. The number of hydrogen-bond donors (Lipinski definition) is 2. The van der Waals surface area contributed by atoms with Crippen LogP contribution < -0.4 is 10.6 Å². The lowest BCUT2D eigenvalue weighted by Gasteiger charge is -2.20. The largest absolute Gasteiger partial charge is 0.381 e. The third-order valence-corrected chi connectivity index (χ3v) is 3.10. The summed E-state index contributed by atoms with van der Waals surface area (Å²) in [6.07, 6.45) is 0. The molecular formula is C14H21F2N3O. The summed E-state index contributed by atoms with van der Waals surface area (Å²) in [5, 5.41) is 5.24. The van der Waals surface area contributed by atoms with Crippen molar-refractivity contribution in [2.45, 2.75) is 19.9 Å². The normalized spacial score (nSPS) is 12.3. The van der Waals surface area contributed by atoms with Crippen LogP contribution in [0.25, 0.3) is 0 Å². The summed E-state index contributed by atoms with van der Waals surface area (Å²) in [4.78, 5) is 13.8. The topological polar surface area (TPSA) is 44.4 Å². The Morgan fingerprint density at radius 3 is 2.30 bits per heavy atom. The van der Waals surface area contributed by atoms with Gasteiger partial charge in [0.2, 0.25) is 0 Å². The van der Waals surface area contributed by atoms with Gasteiger partial charge in [0, 0.05) is 24.7 Å². The first-order valence-corrected chi connectivity index (χ1v) is 6.54. The van der Waals surface area contributed by atoms with Crippen LogP contribution in [0.15, 0.2) is 12.1 Å². The molecule has 0 aliphatic rings. The molecule has 112 valence electrons. The highest BCUT2D eigenvalue weighted by Crippen LogP contribution is 2.20. The average Bonchev–Trinajstić information content (AvgIpc) is 2.39. The average molecular weight is 285 g/mol. The molecule has 0 aromatic heterocycles. The molecule has 0 aliphatic carbocycles. The number of hydrogen-bond acceptors (Lipinski definition) is 3. The van der Waals surface area contributed by atoms with Gasteiger partial charge in [-0.15, -0.1) is 0 Å². The zero-order valence-electron chi connectivity index (χ0n) is 12.3. The SMILES string of the molecule is CCNc1c(F)cc(C(=O)NCC(C)N(C)C)cc1F. The van der Waals surface area contributed by atoms with Crippen LogP contribution in [-0.4, -0.2) is 44.0 Å². The molecule has 1 atom stereocenters. The van der Waals surface area contributed by atoms with Gasteiger partial charge in [0.1, 0.15) is 17.3 Å². The molecule has 6 heteroatoms. The number of nitrogens with zero attached hydrogens (tertiary/aromatic N) is 1. The number of carbonyl (C=O) groups excluding carboxylic acids is 1. The Kier molecular flexibility index (Phi) is 5.88. The molecule has 0 spiro atoms. The molecule has 4 nitrogen and oxygen atoms in total. The van der Waals surface area contributed by atoms with E-state index in [9.17, 15) is 13.6 Å². The van der Waals surface area contributed by atoms with Crippen molar-refractivity contribution in [2.75, 3.05) is 32.5 Å². The van der Waals surface area contributed by atoms with Gasteiger partial charge >= 0.3 is 0 Å². The van der Waals surface area contributed by atoms with E-state index in [1.165, 1.54) is 0 Å². The van der Waals surface area contributed by atoms with Crippen LogP contribution in [-0.2, 0) is 0 Å². The molecule has 1 aromatic carbocycles. The third kappa shape index (κ3) is 4.16. The minimum absolute atomic E-state index is 0.0207. The minimum atomic E-state index is -0.766. The zero-order chi connectivity index (χ0) is 15.3. The smallest absolute Gasteiger partial charge is 0.251 e. The minimum Gasteiger partial charge on any atom is -0.381 e. The summed E-state index contributed by atoms with van der Waals surface area (Å²) in [7, 11) is 3.78. The van der Waals surface area contributed by atoms with E-state index in [0.29, 0.717) is 13.1 Å². The second-order valence-electron chi connectivity index (χ2n) is 4.87. The van der Waals surface area contributed by atoms with Gasteiger partial charge in [-0.25, -0.2) is 8.78 Å². The van der Waals surface area contributed by atoms with E-state index in [0.717, 1.165) is 12.1 Å². The van der Waals surface area contributed by atoms with Gasteiger partial charge < -0.3 is 15.5 Å². The van der Waals surface area contributed by atoms with E-state index in [2.05, 4.69) is 10.6 Å². The Bertz CT molecular complexity index is 454. The number of nitrogens with one attached hydrogen (secondary N) is 2. The maximum Gasteiger partial charge on any atom is 0.251 e. The van der Waals surface area contributed by atoms with Crippen molar-refractivity contribution < 1.29 is 13.6 Å². The van der Waals surface area contributed by atoms with Crippen molar-refractivity contribution in [3.8, 4) is 0 Å². The fraction of sp³-hybridized carbons (Fsp3) is 0.500. The Labute approximate surface area is 118 Å². The van der Waals surface area contributed by atoms with Gasteiger partial charge in [-0.2, -0.15) is 0 Å². The maximum absolute atomic E-state index is 13.7. The van der Waals surface area contributed by atoms with Crippen molar-refractivity contribution in [2.24, 2.45) is 0 Å². The van der Waals surface area contributed by atoms with Crippen molar-refractivity contribution in [3.05, 3.63) is 29.3 Å². The summed E-state index contributed by atoms with van der Waals surface area (Å²) in [6.45, 7) is 4.49. The Hall–Kier alpha value is -1.69. The summed E-state index contributed by atoms with van der Waals surface area (Å²) in [5.41, 5.74) is -0.224. The van der Waals surface area contributed by atoms with Crippen LogP contribution in [0.3, 0.4) is 0 Å². The standard InChI is InChI=1S/C14H21F2N3O/c1-5-17-13-11(15)6-10(7-12(13)16)14(20)18-8-9(2)19(3)4/h6-7,9,17H,5,8H2,1-4H3,(H,18,20). The number of carbonyl (C=O) groups is 1. The molecule has 0 heterocycles. The predicted molar refractivity (Wildman–Crippen MR) is 76.0 cm³/mol. The van der Waals surface area contributed by atoms with Crippen molar-refractivity contribution in [3.63, 3.8) is 0 Å². The molecule has 0 saturated heterocycles. The first-order valence-electron chi connectivity index (χ1n) is 6.54. The van der Waals surface area contributed by atoms with Crippen molar-refractivity contribution >= 4 is 11.6 Å². The van der Waals surface area contributed by atoms with Crippen molar-refractivity contribution in [1.29, 1.82) is 0 Å². The van der Waals surface area contributed by atoms with Crippen LogP contribution in [0.2, 0.25) is 0 Å². The molecule has 1 unspecified atom stereocenters. The zero-order valence-corrected chi connectivity index (χ0v) is 12.3. The van der Waals surface area contributed by atoms with E-state index >= 15 is 0 Å². The van der Waals surface area contributed by atoms with Gasteiger partial charge in [0.25, 0.3) is 5.91 Å². The number of benzene rings is 1. The van der Waals surface area contributed by atoms with E-state index in [4.69, 9.17) is 0 Å². The van der Waals surface area contributed by atoms with Crippen molar-refractivity contribution in [1.82, 2.24) is 10.2 Å². The summed E-state index contributed by atoms with van der Waals surface area (Å²) in [5.74, 6) is -2.02. The molecule has 0 saturated carbocycles. The molecule has 1 amide bonds. The van der Waals surface area contributed by atoms with Gasteiger partial charge in [-0.3, -0.25) is 4.79 Å². The van der Waals surface area contributed by atoms with E-state index < -0.39 is 17.5 Å². The highest BCUT2D eigenvalue weighted by molar-refractivity contribution is 5.94. The van der Waals surface area contributed by atoms with Crippen LogP contribution >= 0.6 is 0 Å². The number of halogens is 2. The van der Waals surface area contributed by atoms with Crippen LogP contribution in [0, 0.1) is 11.6 Å². The van der Waals surface area contributed by atoms with Crippen LogP contribution in [0.5, 0.6) is 0 Å². The lowest BCUT2D eigenvalue weighted by atomic mass is 10.1. The number of rotatable bonds is 6. The number of amides is 1. The monoisotopic (exact) mass is 285 g/mol. The predicted octanol–water partition coefficient (Wildman–Crippen LogP) is 2.08. The Balaban J connectivity index is 2.79. The molecule has 0 radical (unpaired) electrons. The molecule has 0 fully saturated rings. The summed E-state index contributed by atoms with van der Waals surface area (Å²) >= 11 is 0. The fourth-order valence-corrected chi connectivity index (χ4v) is 1.57. The lowest BCUT2D eigenvalue weighted by molar-refractivity contribution is 0.0943.